The molecule has 0 aliphatic carbocycles. The highest BCUT2D eigenvalue weighted by Crippen LogP contribution is 2.18. The number of ether oxygens (including phenoxy) is 1. The molecule has 3 rings (SSSR count). The molecule has 3 aromatic carbocycles. The van der Waals surface area contributed by atoms with E-state index in [1.807, 2.05) is 18.2 Å². The van der Waals surface area contributed by atoms with Crippen LogP contribution in [0.25, 0.3) is 0 Å². The van der Waals surface area contributed by atoms with E-state index in [-0.39, 0.29) is 0 Å². The Hall–Kier alpha value is -2.58. The van der Waals surface area contributed by atoms with E-state index in [9.17, 15) is 0 Å². The molecule has 146 valence electrons. The molecule has 0 radical (unpaired) electrons. The minimum absolute atomic E-state index is 0.555. The molecule has 0 aromatic heterocycles. The Morgan fingerprint density at radius 1 is 0.750 bits per heavy atom. The van der Waals surface area contributed by atoms with Gasteiger partial charge in [-0.15, -0.1) is 0 Å². The molecule has 3 aromatic rings. The minimum atomic E-state index is 0.555. The summed E-state index contributed by atoms with van der Waals surface area (Å²) in [5.74, 6) is 0.924. The predicted octanol–water partition coefficient (Wildman–Crippen LogP) is 6.11. The Kier molecular flexibility index (Phi) is 7.69. The summed E-state index contributed by atoms with van der Waals surface area (Å²) >= 11 is 0. The van der Waals surface area contributed by atoms with Gasteiger partial charge in [0.1, 0.15) is 12.4 Å². The van der Waals surface area contributed by atoms with E-state index in [4.69, 9.17) is 4.74 Å². The van der Waals surface area contributed by atoms with Crippen molar-refractivity contribution >= 4 is 0 Å². The number of aryl methyl sites for hydroxylation is 1. The van der Waals surface area contributed by atoms with Gasteiger partial charge in [0.05, 0.1) is 0 Å². The van der Waals surface area contributed by atoms with E-state index < -0.39 is 0 Å². The van der Waals surface area contributed by atoms with Crippen LogP contribution in [0.4, 0.5) is 0 Å². The Morgan fingerprint density at radius 3 is 1.96 bits per heavy atom. The van der Waals surface area contributed by atoms with Gasteiger partial charge in [0, 0.05) is 12.6 Å². The second kappa shape index (κ2) is 10.7. The van der Waals surface area contributed by atoms with Crippen molar-refractivity contribution in [3.8, 4) is 5.75 Å². The zero-order chi connectivity index (χ0) is 19.6. The lowest BCUT2D eigenvalue weighted by Gasteiger charge is -2.28. The summed E-state index contributed by atoms with van der Waals surface area (Å²) in [4.78, 5) is 2.54. The van der Waals surface area contributed by atoms with Crippen LogP contribution in [0.3, 0.4) is 0 Å². The van der Waals surface area contributed by atoms with Crippen molar-refractivity contribution in [3.63, 3.8) is 0 Å². The van der Waals surface area contributed by atoms with E-state index in [2.05, 4.69) is 85.5 Å². The van der Waals surface area contributed by atoms with Crippen LogP contribution in [0.5, 0.6) is 5.75 Å². The first kappa shape index (κ1) is 20.2. The van der Waals surface area contributed by atoms with Gasteiger partial charge in [0.25, 0.3) is 0 Å². The molecule has 1 atom stereocenters. The summed E-state index contributed by atoms with van der Waals surface area (Å²) in [6, 6.07) is 30.2. The monoisotopic (exact) mass is 373 g/mol. The fraction of sp³-hybridized carbons (Fsp3) is 0.308. The lowest BCUT2D eigenvalue weighted by molar-refractivity contribution is 0.201. The van der Waals surface area contributed by atoms with Crippen molar-refractivity contribution in [3.05, 3.63) is 102 Å². The van der Waals surface area contributed by atoms with Gasteiger partial charge in [-0.3, -0.25) is 4.90 Å². The third kappa shape index (κ3) is 6.24. The molecule has 28 heavy (non-hydrogen) atoms. The highest BCUT2D eigenvalue weighted by Gasteiger charge is 2.12. The molecular formula is C26H31NO. The van der Waals surface area contributed by atoms with Crippen molar-refractivity contribution in [2.75, 3.05) is 6.54 Å². The summed E-state index contributed by atoms with van der Waals surface area (Å²) in [5, 5.41) is 0. The molecule has 0 spiro atoms. The maximum absolute atomic E-state index is 5.90. The second-order valence-corrected chi connectivity index (χ2v) is 7.35. The average Bonchev–Trinajstić information content (AvgIpc) is 2.76. The summed E-state index contributed by atoms with van der Waals surface area (Å²) in [6.45, 7) is 7.23. The van der Waals surface area contributed by atoms with E-state index in [1.165, 1.54) is 23.1 Å². The molecule has 0 heterocycles. The normalized spacial score (nSPS) is 12.1. The highest BCUT2D eigenvalue weighted by molar-refractivity contribution is 5.28. The lowest BCUT2D eigenvalue weighted by atomic mass is 10.0. The first-order valence-corrected chi connectivity index (χ1v) is 10.3. The minimum Gasteiger partial charge on any atom is -0.489 e. The smallest absolute Gasteiger partial charge is 0.119 e. The average molecular weight is 374 g/mol. The van der Waals surface area contributed by atoms with E-state index >= 15 is 0 Å². The molecule has 1 unspecified atom stereocenters. The molecule has 0 amide bonds. The highest BCUT2D eigenvalue weighted by atomic mass is 16.5. The number of hydrogen-bond acceptors (Lipinski definition) is 2. The van der Waals surface area contributed by atoms with Gasteiger partial charge in [-0.2, -0.15) is 0 Å². The SMILES string of the molecule is CCN(Cc1ccc(OCc2ccccc2)cc1)C(C)CCc1ccccc1. The maximum Gasteiger partial charge on any atom is 0.119 e. The number of hydrogen-bond donors (Lipinski definition) is 0. The van der Waals surface area contributed by atoms with E-state index in [0.29, 0.717) is 12.6 Å². The summed E-state index contributed by atoms with van der Waals surface area (Å²) in [7, 11) is 0. The molecule has 2 heteroatoms. The van der Waals surface area contributed by atoms with Gasteiger partial charge in [-0.1, -0.05) is 79.7 Å². The fourth-order valence-corrected chi connectivity index (χ4v) is 3.45. The zero-order valence-electron chi connectivity index (χ0n) is 17.1. The zero-order valence-corrected chi connectivity index (χ0v) is 17.1. The van der Waals surface area contributed by atoms with Crippen LogP contribution in [-0.2, 0) is 19.6 Å². The summed E-state index contributed by atoms with van der Waals surface area (Å²) in [6.07, 6.45) is 2.31. The van der Waals surface area contributed by atoms with E-state index in [0.717, 1.165) is 25.3 Å². The van der Waals surface area contributed by atoms with Crippen LogP contribution in [-0.4, -0.2) is 17.5 Å². The second-order valence-electron chi connectivity index (χ2n) is 7.35. The van der Waals surface area contributed by atoms with Gasteiger partial charge in [0.2, 0.25) is 0 Å². The Labute approximate surface area is 169 Å². The number of benzene rings is 3. The largest absolute Gasteiger partial charge is 0.489 e. The molecule has 0 aliphatic rings. The van der Waals surface area contributed by atoms with Crippen LogP contribution in [0.2, 0.25) is 0 Å². The van der Waals surface area contributed by atoms with Crippen LogP contribution in [0.1, 0.15) is 37.0 Å². The third-order valence-corrected chi connectivity index (χ3v) is 5.28. The predicted molar refractivity (Wildman–Crippen MR) is 118 cm³/mol. The van der Waals surface area contributed by atoms with Crippen molar-refractivity contribution in [1.82, 2.24) is 4.90 Å². The van der Waals surface area contributed by atoms with Gasteiger partial charge < -0.3 is 4.74 Å². The first-order valence-electron chi connectivity index (χ1n) is 10.3. The third-order valence-electron chi connectivity index (χ3n) is 5.28. The standard InChI is InChI=1S/C26H31NO/c1-3-27(22(2)14-15-23-10-6-4-7-11-23)20-24-16-18-26(19-17-24)28-21-25-12-8-5-9-13-25/h4-13,16-19,22H,3,14-15,20-21H2,1-2H3. The number of rotatable bonds is 10. The molecule has 0 fully saturated rings. The van der Waals surface area contributed by atoms with Gasteiger partial charge >= 0.3 is 0 Å². The number of nitrogens with zero attached hydrogens (tertiary/aromatic N) is 1. The molecular weight excluding hydrogens is 342 g/mol. The van der Waals surface area contributed by atoms with Gasteiger partial charge in [0.15, 0.2) is 0 Å². The van der Waals surface area contributed by atoms with Crippen LogP contribution in [0.15, 0.2) is 84.9 Å². The van der Waals surface area contributed by atoms with Gasteiger partial charge in [-0.25, -0.2) is 0 Å². The Balaban J connectivity index is 1.49. The Morgan fingerprint density at radius 2 is 1.36 bits per heavy atom. The van der Waals surface area contributed by atoms with Crippen LogP contribution < -0.4 is 4.74 Å². The van der Waals surface area contributed by atoms with Gasteiger partial charge in [-0.05, 0) is 55.1 Å². The van der Waals surface area contributed by atoms with Crippen molar-refractivity contribution in [2.24, 2.45) is 0 Å². The Bertz CT molecular complexity index is 799. The lowest BCUT2D eigenvalue weighted by Crippen LogP contribution is -2.32. The molecule has 0 saturated carbocycles. The molecule has 0 aliphatic heterocycles. The van der Waals surface area contributed by atoms with Crippen molar-refractivity contribution in [2.45, 2.75) is 45.9 Å². The molecule has 2 nitrogen and oxygen atoms in total. The fourth-order valence-electron chi connectivity index (χ4n) is 3.45. The van der Waals surface area contributed by atoms with Crippen molar-refractivity contribution in [1.29, 1.82) is 0 Å². The van der Waals surface area contributed by atoms with Crippen LogP contribution >= 0.6 is 0 Å². The quantitative estimate of drug-likeness (QED) is 0.425. The molecule has 0 saturated heterocycles. The van der Waals surface area contributed by atoms with Crippen molar-refractivity contribution < 1.29 is 4.74 Å². The molecule has 0 N–H and O–H groups in total. The molecule has 0 bridgehead atoms. The summed E-state index contributed by atoms with van der Waals surface area (Å²) < 4.78 is 5.90. The van der Waals surface area contributed by atoms with Crippen LogP contribution in [0, 0.1) is 0 Å². The topological polar surface area (TPSA) is 12.5 Å². The first-order chi connectivity index (χ1) is 13.7. The summed E-state index contributed by atoms with van der Waals surface area (Å²) in [5.41, 5.74) is 3.95. The maximum atomic E-state index is 5.90. The van der Waals surface area contributed by atoms with E-state index in [1.54, 1.807) is 0 Å².